The predicted molar refractivity (Wildman–Crippen MR) is 156 cm³/mol. The van der Waals surface area contributed by atoms with Gasteiger partial charge in [-0.15, -0.1) is 5.10 Å². The van der Waals surface area contributed by atoms with Crippen molar-refractivity contribution in [1.82, 2.24) is 19.9 Å². The van der Waals surface area contributed by atoms with Gasteiger partial charge in [-0.2, -0.15) is 0 Å². The monoisotopic (exact) mass is 538 g/mol. The van der Waals surface area contributed by atoms with E-state index < -0.39 is 11.4 Å². The third-order valence-corrected chi connectivity index (χ3v) is 9.19. The highest BCUT2D eigenvalue weighted by atomic mass is 16.5. The van der Waals surface area contributed by atoms with Crippen LogP contribution in [0.5, 0.6) is 5.75 Å². The quantitative estimate of drug-likeness (QED) is 0.316. The second kappa shape index (κ2) is 10.0. The summed E-state index contributed by atoms with van der Waals surface area (Å²) in [4.78, 5) is 15.3. The molecule has 1 N–H and O–H groups in total. The molecular weight excluding hydrogens is 500 g/mol. The normalized spacial score (nSPS) is 20.0. The predicted octanol–water partition coefficient (Wildman–Crippen LogP) is 6.18. The van der Waals surface area contributed by atoms with Crippen molar-refractivity contribution in [3.8, 4) is 5.75 Å². The Morgan fingerprint density at radius 3 is 2.73 bits per heavy atom. The third-order valence-electron chi connectivity index (χ3n) is 9.19. The van der Waals surface area contributed by atoms with E-state index in [1.165, 1.54) is 16.7 Å². The number of para-hydroxylation sites is 1. The molecule has 3 unspecified atom stereocenters. The van der Waals surface area contributed by atoms with Crippen LogP contribution in [0.2, 0.25) is 0 Å². The van der Waals surface area contributed by atoms with Crippen molar-refractivity contribution in [2.24, 2.45) is 12.5 Å². The largest absolute Gasteiger partial charge is 0.489 e. The van der Waals surface area contributed by atoms with E-state index in [0.717, 1.165) is 65.8 Å². The Bertz CT molecular complexity index is 1590. The number of rotatable bonds is 6. The Kier molecular flexibility index (Phi) is 6.65. The van der Waals surface area contributed by atoms with Crippen LogP contribution in [0.3, 0.4) is 0 Å². The summed E-state index contributed by atoms with van der Waals surface area (Å²) in [5, 5.41) is 19.0. The average Bonchev–Trinajstić information content (AvgIpc) is 3.47. The topological polar surface area (TPSA) is 80.5 Å². The second-order valence-corrected chi connectivity index (χ2v) is 12.0. The van der Waals surface area contributed by atoms with Crippen molar-refractivity contribution in [1.29, 1.82) is 0 Å². The van der Waals surface area contributed by atoms with Crippen LogP contribution >= 0.6 is 0 Å². The first kappa shape index (κ1) is 26.5. The molecule has 3 atom stereocenters. The van der Waals surface area contributed by atoms with Gasteiger partial charge in [0.25, 0.3) is 0 Å². The number of hydrogen-bond donors (Lipinski definition) is 1. The molecule has 208 valence electrons. The standard InChI is InChI=1S/C33H38N4O3/c1-6-24-19-37(18-23-9-7-8-10-29(23)40-24)27-15-13-21-11-12-22(17-26(21)27)30(33(3,4)32(38)39)25-14-16-28-31(20(25)2)34-35-36(28)5/h7-12,14,16-17,24,27,30H,6,13,15,18-19H2,1-5H3,(H,38,39). The fourth-order valence-electron chi connectivity index (χ4n) is 6.79. The maximum Gasteiger partial charge on any atom is 0.310 e. The van der Waals surface area contributed by atoms with E-state index >= 15 is 0 Å². The highest BCUT2D eigenvalue weighted by Gasteiger charge is 2.41. The highest BCUT2D eigenvalue weighted by Crippen LogP contribution is 2.46. The molecule has 1 aliphatic carbocycles. The molecule has 40 heavy (non-hydrogen) atoms. The van der Waals surface area contributed by atoms with Gasteiger partial charge in [0.1, 0.15) is 17.4 Å². The lowest BCUT2D eigenvalue weighted by Crippen LogP contribution is -2.35. The number of carboxylic acid groups (broad SMARTS) is 1. The van der Waals surface area contributed by atoms with Crippen molar-refractivity contribution >= 4 is 17.0 Å². The van der Waals surface area contributed by atoms with Crippen molar-refractivity contribution in [3.05, 3.63) is 88.0 Å². The van der Waals surface area contributed by atoms with E-state index in [0.29, 0.717) is 0 Å². The lowest BCUT2D eigenvalue weighted by atomic mass is 9.69. The van der Waals surface area contributed by atoms with Gasteiger partial charge in [0.15, 0.2) is 0 Å². The molecule has 0 bridgehead atoms. The summed E-state index contributed by atoms with van der Waals surface area (Å²) in [5.41, 5.74) is 7.61. The molecule has 7 heteroatoms. The minimum Gasteiger partial charge on any atom is -0.489 e. The summed E-state index contributed by atoms with van der Waals surface area (Å²) in [6.45, 7) is 9.60. The van der Waals surface area contributed by atoms with Crippen molar-refractivity contribution in [2.75, 3.05) is 6.54 Å². The van der Waals surface area contributed by atoms with Gasteiger partial charge in [-0.1, -0.05) is 54.6 Å². The van der Waals surface area contributed by atoms with E-state index in [-0.39, 0.29) is 18.1 Å². The van der Waals surface area contributed by atoms with Gasteiger partial charge >= 0.3 is 5.97 Å². The zero-order chi connectivity index (χ0) is 28.2. The molecule has 6 rings (SSSR count). The lowest BCUT2D eigenvalue weighted by Gasteiger charge is -2.34. The number of ether oxygens (including phenoxy) is 1. The van der Waals surface area contributed by atoms with Crippen molar-refractivity contribution < 1.29 is 14.6 Å². The number of benzene rings is 3. The molecular formula is C33H38N4O3. The molecule has 2 aliphatic rings. The van der Waals surface area contributed by atoms with Crippen LogP contribution in [-0.2, 0) is 24.8 Å². The van der Waals surface area contributed by atoms with E-state index in [1.54, 1.807) is 4.68 Å². The summed E-state index contributed by atoms with van der Waals surface area (Å²) >= 11 is 0. The first-order valence-electron chi connectivity index (χ1n) is 14.3. The molecule has 0 spiro atoms. The number of aryl methyl sites for hydroxylation is 3. The number of carboxylic acids is 1. The summed E-state index contributed by atoms with van der Waals surface area (Å²) in [7, 11) is 1.88. The molecule has 0 amide bonds. The Balaban J connectivity index is 1.44. The van der Waals surface area contributed by atoms with Gasteiger partial charge < -0.3 is 9.84 Å². The zero-order valence-corrected chi connectivity index (χ0v) is 24.0. The summed E-state index contributed by atoms with van der Waals surface area (Å²) in [5.74, 6) is -0.179. The Hall–Kier alpha value is -3.71. The van der Waals surface area contributed by atoms with Crippen molar-refractivity contribution in [2.45, 2.75) is 71.6 Å². The van der Waals surface area contributed by atoms with Crippen LogP contribution in [0.1, 0.15) is 79.0 Å². The average molecular weight is 539 g/mol. The summed E-state index contributed by atoms with van der Waals surface area (Å²) in [6, 6.07) is 19.4. The van der Waals surface area contributed by atoms with Crippen LogP contribution in [0.25, 0.3) is 11.0 Å². The Labute approximate surface area is 235 Å². The maximum atomic E-state index is 12.7. The lowest BCUT2D eigenvalue weighted by molar-refractivity contribution is -0.147. The minimum atomic E-state index is -1.04. The molecule has 1 aliphatic heterocycles. The van der Waals surface area contributed by atoms with Gasteiger partial charge in [-0.05, 0) is 80.0 Å². The number of nitrogens with zero attached hydrogens (tertiary/aromatic N) is 4. The SMILES string of the molecule is CCC1CN(C2CCc3ccc(C(c4ccc5c(nnn5C)c4C)C(C)(C)C(=O)O)cc32)Cc2ccccc2O1. The van der Waals surface area contributed by atoms with Gasteiger partial charge in [-0.25, -0.2) is 4.68 Å². The van der Waals surface area contributed by atoms with Crippen LogP contribution in [0, 0.1) is 12.3 Å². The number of carbonyl (C=O) groups is 1. The molecule has 0 saturated heterocycles. The summed E-state index contributed by atoms with van der Waals surface area (Å²) in [6.07, 6.45) is 3.16. The van der Waals surface area contributed by atoms with Crippen LogP contribution in [0.4, 0.5) is 0 Å². The summed E-state index contributed by atoms with van der Waals surface area (Å²) < 4.78 is 8.17. The van der Waals surface area contributed by atoms with E-state index in [9.17, 15) is 9.90 Å². The fraction of sp³-hybridized carbons (Fsp3) is 0.424. The first-order chi connectivity index (χ1) is 19.2. The number of hydrogen-bond acceptors (Lipinski definition) is 5. The molecule has 2 heterocycles. The maximum absolute atomic E-state index is 12.7. The first-order valence-corrected chi connectivity index (χ1v) is 14.3. The molecule has 7 nitrogen and oxygen atoms in total. The number of fused-ring (bicyclic) bond motifs is 3. The van der Waals surface area contributed by atoms with Crippen molar-refractivity contribution in [3.63, 3.8) is 0 Å². The Morgan fingerprint density at radius 1 is 1.15 bits per heavy atom. The van der Waals surface area contributed by atoms with Crippen LogP contribution in [0.15, 0.2) is 54.6 Å². The zero-order valence-electron chi connectivity index (χ0n) is 24.0. The van der Waals surface area contributed by atoms with Gasteiger partial charge in [0.2, 0.25) is 0 Å². The minimum absolute atomic E-state index is 0.135. The van der Waals surface area contributed by atoms with E-state index in [2.05, 4.69) is 64.6 Å². The molecule has 1 aromatic heterocycles. The fourth-order valence-corrected chi connectivity index (χ4v) is 6.79. The smallest absolute Gasteiger partial charge is 0.310 e. The molecule has 0 saturated carbocycles. The second-order valence-electron chi connectivity index (χ2n) is 12.0. The van der Waals surface area contributed by atoms with Crippen LogP contribution < -0.4 is 4.74 Å². The molecule has 3 aromatic carbocycles. The molecule has 4 aromatic rings. The highest BCUT2D eigenvalue weighted by molar-refractivity contribution is 5.81. The van der Waals surface area contributed by atoms with E-state index in [1.807, 2.05) is 40.0 Å². The Morgan fingerprint density at radius 2 is 1.95 bits per heavy atom. The van der Waals surface area contributed by atoms with Gasteiger partial charge in [0.05, 0.1) is 10.9 Å². The van der Waals surface area contributed by atoms with Gasteiger partial charge in [-0.3, -0.25) is 9.69 Å². The van der Waals surface area contributed by atoms with E-state index in [4.69, 9.17) is 4.74 Å². The number of aliphatic carboxylic acids is 1. The molecule has 0 fully saturated rings. The van der Waals surface area contributed by atoms with Crippen LogP contribution in [-0.4, -0.2) is 43.6 Å². The molecule has 0 radical (unpaired) electrons. The third kappa shape index (κ3) is 4.37. The van der Waals surface area contributed by atoms with Gasteiger partial charge in [0, 0.05) is 37.7 Å². The number of aromatic nitrogens is 3.